The van der Waals surface area contributed by atoms with Gasteiger partial charge in [0.25, 0.3) is 5.91 Å². The van der Waals surface area contributed by atoms with Crippen molar-refractivity contribution in [2.75, 3.05) is 28.4 Å². The molecule has 2 rings (SSSR count). The van der Waals surface area contributed by atoms with Crippen LogP contribution in [-0.4, -0.2) is 40.3 Å². The molecule has 1 atom stereocenters. The summed E-state index contributed by atoms with van der Waals surface area (Å²) in [7, 11) is 6.13. The summed E-state index contributed by atoms with van der Waals surface area (Å²) >= 11 is 0. The summed E-state index contributed by atoms with van der Waals surface area (Å²) in [5, 5.41) is 6.56. The maximum Gasteiger partial charge on any atom is 0.321 e. The van der Waals surface area contributed by atoms with Crippen LogP contribution in [0.3, 0.4) is 0 Å². The lowest BCUT2D eigenvalue weighted by Gasteiger charge is -2.17. The van der Waals surface area contributed by atoms with E-state index in [1.807, 2.05) is 41.7 Å². The molecule has 0 aromatic heterocycles. The summed E-state index contributed by atoms with van der Waals surface area (Å²) < 4.78 is 16.1. The SMILES string of the molecule is CNC(=O)NC(=O)[C@H]([NH2+]Cc1cc(OC)c(OC)cc1OC)c1ccccc1. The topological polar surface area (TPSA) is 103 Å². The maximum atomic E-state index is 12.6. The Morgan fingerprint density at radius 2 is 1.57 bits per heavy atom. The summed E-state index contributed by atoms with van der Waals surface area (Å²) in [6.07, 6.45) is 0. The molecule has 150 valence electrons. The van der Waals surface area contributed by atoms with Crippen molar-refractivity contribution < 1.29 is 29.1 Å². The fourth-order valence-corrected chi connectivity index (χ4v) is 2.80. The van der Waals surface area contributed by atoms with Crippen molar-refractivity contribution in [3.8, 4) is 17.2 Å². The monoisotopic (exact) mass is 388 g/mol. The second-order valence-electron chi connectivity index (χ2n) is 5.92. The summed E-state index contributed by atoms with van der Waals surface area (Å²) in [6, 6.07) is 11.6. The predicted octanol–water partition coefficient (Wildman–Crippen LogP) is 0.973. The fraction of sp³-hybridized carbons (Fsp3) is 0.300. The molecule has 0 spiro atoms. The number of methoxy groups -OCH3 is 3. The molecule has 8 heteroatoms. The van der Waals surface area contributed by atoms with Gasteiger partial charge in [-0.3, -0.25) is 10.1 Å². The highest BCUT2D eigenvalue weighted by Crippen LogP contribution is 2.34. The number of urea groups is 1. The van der Waals surface area contributed by atoms with Crippen LogP contribution in [0.1, 0.15) is 17.2 Å². The maximum absolute atomic E-state index is 12.6. The number of carbonyl (C=O) groups excluding carboxylic acids is 2. The quantitative estimate of drug-likeness (QED) is 0.625. The molecule has 0 aliphatic heterocycles. The molecule has 0 bridgehead atoms. The molecule has 2 aromatic carbocycles. The number of nitrogens with two attached hydrogens (primary N) is 1. The van der Waals surface area contributed by atoms with E-state index in [0.717, 1.165) is 11.1 Å². The standard InChI is InChI=1S/C20H25N3O5/c1-21-20(25)23-19(24)18(13-8-6-5-7-9-13)22-12-14-10-16(27-3)17(28-4)11-15(14)26-2/h5-11,18,22H,12H2,1-4H3,(H2,21,23,24,25)/p+1/t18-/m1/s1. The fourth-order valence-electron chi connectivity index (χ4n) is 2.80. The van der Waals surface area contributed by atoms with Gasteiger partial charge < -0.3 is 24.8 Å². The molecule has 0 aliphatic carbocycles. The number of ether oxygens (including phenoxy) is 3. The van der Waals surface area contributed by atoms with Gasteiger partial charge in [-0.1, -0.05) is 30.3 Å². The van der Waals surface area contributed by atoms with Crippen LogP contribution in [0.2, 0.25) is 0 Å². The number of rotatable bonds is 8. The van der Waals surface area contributed by atoms with Crippen molar-refractivity contribution >= 4 is 11.9 Å². The lowest BCUT2D eigenvalue weighted by molar-refractivity contribution is -0.698. The second kappa shape index (κ2) is 10.2. The highest BCUT2D eigenvalue weighted by Gasteiger charge is 2.26. The van der Waals surface area contributed by atoms with E-state index in [2.05, 4.69) is 10.6 Å². The number of nitrogens with one attached hydrogen (secondary N) is 2. The lowest BCUT2D eigenvalue weighted by Crippen LogP contribution is -2.86. The Bertz CT molecular complexity index is 811. The van der Waals surface area contributed by atoms with Gasteiger partial charge in [-0.05, 0) is 6.07 Å². The van der Waals surface area contributed by atoms with Gasteiger partial charge in [0.15, 0.2) is 17.5 Å². The largest absolute Gasteiger partial charge is 0.496 e. The number of amides is 3. The number of carbonyl (C=O) groups is 2. The minimum absolute atomic E-state index is 0.412. The highest BCUT2D eigenvalue weighted by atomic mass is 16.5. The third-order valence-electron chi connectivity index (χ3n) is 4.27. The Kier molecular flexibility index (Phi) is 7.65. The Morgan fingerprint density at radius 3 is 2.14 bits per heavy atom. The van der Waals surface area contributed by atoms with E-state index < -0.39 is 18.0 Å². The Labute approximate surface area is 164 Å². The number of hydrogen-bond acceptors (Lipinski definition) is 5. The zero-order chi connectivity index (χ0) is 20.5. The predicted molar refractivity (Wildman–Crippen MR) is 104 cm³/mol. The smallest absolute Gasteiger partial charge is 0.321 e. The summed E-state index contributed by atoms with van der Waals surface area (Å²) in [6.45, 7) is 0.421. The van der Waals surface area contributed by atoms with Crippen molar-refractivity contribution in [2.45, 2.75) is 12.6 Å². The zero-order valence-corrected chi connectivity index (χ0v) is 16.4. The van der Waals surface area contributed by atoms with Gasteiger partial charge in [-0.15, -0.1) is 0 Å². The van der Waals surface area contributed by atoms with Crippen molar-refractivity contribution in [3.05, 3.63) is 53.6 Å². The van der Waals surface area contributed by atoms with E-state index in [1.54, 1.807) is 27.4 Å². The molecule has 3 amide bonds. The molecular formula is C20H26N3O5+. The third-order valence-corrected chi connectivity index (χ3v) is 4.27. The van der Waals surface area contributed by atoms with E-state index >= 15 is 0 Å². The van der Waals surface area contributed by atoms with Gasteiger partial charge in [0, 0.05) is 18.7 Å². The Balaban J connectivity index is 2.28. The van der Waals surface area contributed by atoms with Crippen LogP contribution < -0.4 is 30.2 Å². The molecule has 2 aromatic rings. The van der Waals surface area contributed by atoms with E-state index in [4.69, 9.17) is 14.2 Å². The van der Waals surface area contributed by atoms with Crippen LogP contribution in [-0.2, 0) is 11.3 Å². The lowest BCUT2D eigenvalue weighted by atomic mass is 10.1. The molecule has 0 heterocycles. The van der Waals surface area contributed by atoms with Crippen LogP contribution in [0.4, 0.5) is 4.79 Å². The van der Waals surface area contributed by atoms with Gasteiger partial charge in [0.05, 0.1) is 26.9 Å². The highest BCUT2D eigenvalue weighted by molar-refractivity contribution is 5.96. The Morgan fingerprint density at radius 1 is 0.964 bits per heavy atom. The molecule has 4 N–H and O–H groups in total. The molecule has 0 unspecified atom stereocenters. The van der Waals surface area contributed by atoms with Crippen LogP contribution in [0.25, 0.3) is 0 Å². The van der Waals surface area contributed by atoms with Crippen molar-refractivity contribution in [1.29, 1.82) is 0 Å². The average molecular weight is 388 g/mol. The Hall–Kier alpha value is -3.26. The molecule has 0 fully saturated rings. The molecule has 28 heavy (non-hydrogen) atoms. The number of imide groups is 1. The molecular weight excluding hydrogens is 362 g/mol. The molecule has 0 aliphatic rings. The van der Waals surface area contributed by atoms with E-state index in [9.17, 15) is 9.59 Å². The molecule has 0 saturated carbocycles. The summed E-state index contributed by atoms with van der Waals surface area (Å²) in [5.41, 5.74) is 1.61. The summed E-state index contributed by atoms with van der Waals surface area (Å²) in [4.78, 5) is 24.2. The van der Waals surface area contributed by atoms with Gasteiger partial charge in [-0.25, -0.2) is 4.79 Å². The molecule has 8 nitrogen and oxygen atoms in total. The minimum atomic E-state index is -0.615. The summed E-state index contributed by atoms with van der Waals surface area (Å²) in [5.74, 6) is 1.33. The third kappa shape index (κ3) is 5.14. The first-order valence-electron chi connectivity index (χ1n) is 8.73. The van der Waals surface area contributed by atoms with Gasteiger partial charge in [0.2, 0.25) is 0 Å². The van der Waals surface area contributed by atoms with Crippen LogP contribution in [0.5, 0.6) is 17.2 Å². The van der Waals surface area contributed by atoms with Gasteiger partial charge in [0.1, 0.15) is 12.3 Å². The zero-order valence-electron chi connectivity index (χ0n) is 16.4. The normalized spacial score (nSPS) is 11.3. The number of hydrogen-bond donors (Lipinski definition) is 3. The van der Waals surface area contributed by atoms with E-state index in [0.29, 0.717) is 23.8 Å². The first-order valence-corrected chi connectivity index (χ1v) is 8.73. The van der Waals surface area contributed by atoms with Crippen LogP contribution >= 0.6 is 0 Å². The van der Waals surface area contributed by atoms with Crippen LogP contribution in [0.15, 0.2) is 42.5 Å². The minimum Gasteiger partial charge on any atom is -0.496 e. The number of benzene rings is 2. The van der Waals surface area contributed by atoms with Crippen LogP contribution in [0, 0.1) is 0 Å². The molecule has 0 saturated heterocycles. The van der Waals surface area contributed by atoms with E-state index in [1.165, 1.54) is 7.05 Å². The van der Waals surface area contributed by atoms with Crippen molar-refractivity contribution in [2.24, 2.45) is 0 Å². The van der Waals surface area contributed by atoms with E-state index in [-0.39, 0.29) is 0 Å². The second-order valence-corrected chi connectivity index (χ2v) is 5.92. The van der Waals surface area contributed by atoms with Crippen molar-refractivity contribution in [1.82, 2.24) is 10.6 Å². The average Bonchev–Trinajstić information content (AvgIpc) is 2.73. The number of quaternary nitrogens is 1. The first kappa shape index (κ1) is 21.0. The van der Waals surface area contributed by atoms with Gasteiger partial charge in [-0.2, -0.15) is 0 Å². The first-order chi connectivity index (χ1) is 13.5. The van der Waals surface area contributed by atoms with Gasteiger partial charge >= 0.3 is 6.03 Å². The van der Waals surface area contributed by atoms with Crippen molar-refractivity contribution in [3.63, 3.8) is 0 Å². The molecule has 0 radical (unpaired) electrons.